The lowest BCUT2D eigenvalue weighted by Gasteiger charge is -2.48. The molecule has 0 aromatic carbocycles. The van der Waals surface area contributed by atoms with Gasteiger partial charge in [-0.3, -0.25) is 0 Å². The van der Waals surface area contributed by atoms with Crippen molar-refractivity contribution >= 4 is 0 Å². The molecule has 0 heteroatoms. The predicted molar refractivity (Wildman–Crippen MR) is 75.7 cm³/mol. The highest BCUT2D eigenvalue weighted by atomic mass is 14.5. The molecule has 1 aliphatic carbocycles. The van der Waals surface area contributed by atoms with E-state index in [2.05, 4.69) is 41.5 Å². The lowest BCUT2D eigenvalue weighted by molar-refractivity contribution is 0.0324. The smallest absolute Gasteiger partial charge is 0.0321 e. The van der Waals surface area contributed by atoms with E-state index in [0.29, 0.717) is 10.8 Å². The lowest BCUT2D eigenvalue weighted by Crippen LogP contribution is -2.37. The standard InChI is InChI=1S/C14H28.C2H6/c1-7-14(6)9-12(11(2)3)8-13(4,5)10-14;1-2/h11-12H,7-10H2,1-6H3;1-2H3. The van der Waals surface area contributed by atoms with Crippen molar-refractivity contribution in [1.82, 2.24) is 0 Å². The zero-order chi connectivity index (χ0) is 13.0. The van der Waals surface area contributed by atoms with Crippen LogP contribution in [0, 0.1) is 22.7 Å². The Balaban J connectivity index is 0.00000106. The SMILES string of the molecule is CC.CCC1(C)CC(C(C)C)CC(C)(C)C1. The summed E-state index contributed by atoms with van der Waals surface area (Å²) < 4.78 is 0. The third-order valence-electron chi connectivity index (χ3n) is 4.27. The Morgan fingerprint density at radius 1 is 1.06 bits per heavy atom. The number of hydrogen-bond donors (Lipinski definition) is 0. The molecule has 1 rings (SSSR count). The second kappa shape index (κ2) is 6.07. The Bertz CT molecular complexity index is 190. The molecule has 98 valence electrons. The molecule has 0 spiro atoms. The number of rotatable bonds is 2. The van der Waals surface area contributed by atoms with Crippen LogP contribution in [0.1, 0.15) is 81.1 Å². The van der Waals surface area contributed by atoms with E-state index in [9.17, 15) is 0 Å². The molecule has 0 aliphatic heterocycles. The normalized spacial score (nSPS) is 33.2. The Hall–Kier alpha value is 0. The van der Waals surface area contributed by atoms with Gasteiger partial charge in [0.05, 0.1) is 0 Å². The van der Waals surface area contributed by atoms with Gasteiger partial charge in [-0.05, 0) is 41.9 Å². The predicted octanol–water partition coefficient (Wildman–Crippen LogP) is 5.91. The van der Waals surface area contributed by atoms with Gasteiger partial charge in [-0.2, -0.15) is 0 Å². The summed E-state index contributed by atoms with van der Waals surface area (Å²) in [7, 11) is 0. The van der Waals surface area contributed by atoms with Crippen LogP contribution in [0.15, 0.2) is 0 Å². The van der Waals surface area contributed by atoms with Crippen LogP contribution >= 0.6 is 0 Å². The van der Waals surface area contributed by atoms with Gasteiger partial charge < -0.3 is 0 Å². The van der Waals surface area contributed by atoms with Crippen LogP contribution in [0.2, 0.25) is 0 Å². The molecular formula is C16H34. The maximum absolute atomic E-state index is 2.49. The lowest BCUT2D eigenvalue weighted by atomic mass is 9.58. The molecule has 1 saturated carbocycles. The minimum absolute atomic E-state index is 0.567. The quantitative estimate of drug-likeness (QED) is 0.549. The third kappa shape index (κ3) is 4.47. The summed E-state index contributed by atoms with van der Waals surface area (Å²) in [6, 6.07) is 0. The second-order valence-electron chi connectivity index (χ2n) is 6.92. The van der Waals surface area contributed by atoms with Gasteiger partial charge in [-0.1, -0.05) is 61.8 Å². The molecule has 1 aliphatic rings. The van der Waals surface area contributed by atoms with Gasteiger partial charge >= 0.3 is 0 Å². The molecule has 16 heavy (non-hydrogen) atoms. The summed E-state index contributed by atoms with van der Waals surface area (Å²) in [5.74, 6) is 1.81. The second-order valence-corrected chi connectivity index (χ2v) is 6.92. The van der Waals surface area contributed by atoms with Crippen molar-refractivity contribution in [2.24, 2.45) is 22.7 Å². The summed E-state index contributed by atoms with van der Waals surface area (Å²) in [5, 5.41) is 0. The molecule has 0 aromatic heterocycles. The van der Waals surface area contributed by atoms with E-state index >= 15 is 0 Å². The Kier molecular flexibility index (Phi) is 6.07. The molecule has 0 heterocycles. The van der Waals surface area contributed by atoms with E-state index in [4.69, 9.17) is 0 Å². The van der Waals surface area contributed by atoms with Gasteiger partial charge in [0, 0.05) is 0 Å². The van der Waals surface area contributed by atoms with Gasteiger partial charge in [0.2, 0.25) is 0 Å². The van der Waals surface area contributed by atoms with Crippen LogP contribution in [0.25, 0.3) is 0 Å². The van der Waals surface area contributed by atoms with Gasteiger partial charge in [0.15, 0.2) is 0 Å². The molecule has 0 saturated heterocycles. The van der Waals surface area contributed by atoms with Crippen molar-refractivity contribution in [3.8, 4) is 0 Å². The summed E-state index contributed by atoms with van der Waals surface area (Å²) in [6.07, 6.45) is 5.64. The zero-order valence-electron chi connectivity index (χ0n) is 13.0. The average molecular weight is 226 g/mol. The van der Waals surface area contributed by atoms with Crippen molar-refractivity contribution in [2.75, 3.05) is 0 Å². The summed E-state index contributed by atoms with van der Waals surface area (Å²) in [5.41, 5.74) is 1.18. The number of hydrogen-bond acceptors (Lipinski definition) is 0. The fourth-order valence-electron chi connectivity index (χ4n) is 3.46. The van der Waals surface area contributed by atoms with Crippen molar-refractivity contribution in [3.63, 3.8) is 0 Å². The van der Waals surface area contributed by atoms with Crippen LogP contribution in [0.5, 0.6) is 0 Å². The Morgan fingerprint density at radius 2 is 1.56 bits per heavy atom. The Morgan fingerprint density at radius 3 is 1.94 bits per heavy atom. The molecule has 0 amide bonds. The molecule has 0 bridgehead atoms. The van der Waals surface area contributed by atoms with E-state index < -0.39 is 0 Å². The topological polar surface area (TPSA) is 0 Å². The highest BCUT2D eigenvalue weighted by Crippen LogP contribution is 2.51. The van der Waals surface area contributed by atoms with Crippen LogP contribution in [0.3, 0.4) is 0 Å². The fraction of sp³-hybridized carbons (Fsp3) is 1.00. The highest BCUT2D eigenvalue weighted by Gasteiger charge is 2.40. The monoisotopic (exact) mass is 226 g/mol. The van der Waals surface area contributed by atoms with Crippen LogP contribution in [-0.2, 0) is 0 Å². The van der Waals surface area contributed by atoms with Crippen molar-refractivity contribution in [3.05, 3.63) is 0 Å². The first kappa shape index (κ1) is 16.0. The van der Waals surface area contributed by atoms with E-state index in [1.165, 1.54) is 25.7 Å². The summed E-state index contributed by atoms with van der Waals surface area (Å²) in [6.45, 7) is 18.5. The van der Waals surface area contributed by atoms with Gasteiger partial charge in [-0.25, -0.2) is 0 Å². The Labute approximate surface area is 104 Å². The molecule has 0 radical (unpaired) electrons. The molecule has 1 fully saturated rings. The first-order valence-corrected chi connectivity index (χ1v) is 7.28. The molecule has 0 aromatic rings. The van der Waals surface area contributed by atoms with Crippen LogP contribution in [-0.4, -0.2) is 0 Å². The van der Waals surface area contributed by atoms with E-state index in [-0.39, 0.29) is 0 Å². The zero-order valence-corrected chi connectivity index (χ0v) is 13.0. The van der Waals surface area contributed by atoms with Crippen molar-refractivity contribution < 1.29 is 0 Å². The van der Waals surface area contributed by atoms with E-state index in [0.717, 1.165) is 11.8 Å². The molecule has 0 nitrogen and oxygen atoms in total. The molecule has 0 N–H and O–H groups in total. The van der Waals surface area contributed by atoms with Crippen molar-refractivity contribution in [1.29, 1.82) is 0 Å². The fourth-order valence-corrected chi connectivity index (χ4v) is 3.46. The molecular weight excluding hydrogens is 192 g/mol. The molecule has 2 unspecified atom stereocenters. The first-order valence-electron chi connectivity index (χ1n) is 7.28. The summed E-state index contributed by atoms with van der Waals surface area (Å²) >= 11 is 0. The maximum Gasteiger partial charge on any atom is -0.0321 e. The van der Waals surface area contributed by atoms with Gasteiger partial charge in [-0.15, -0.1) is 0 Å². The van der Waals surface area contributed by atoms with E-state index in [1.807, 2.05) is 13.8 Å². The van der Waals surface area contributed by atoms with Gasteiger partial charge in [0.1, 0.15) is 0 Å². The van der Waals surface area contributed by atoms with Crippen LogP contribution in [0.4, 0.5) is 0 Å². The molecule has 2 atom stereocenters. The van der Waals surface area contributed by atoms with Gasteiger partial charge in [0.25, 0.3) is 0 Å². The van der Waals surface area contributed by atoms with Crippen molar-refractivity contribution in [2.45, 2.75) is 81.1 Å². The highest BCUT2D eigenvalue weighted by molar-refractivity contribution is 4.91. The minimum atomic E-state index is 0.567. The summed E-state index contributed by atoms with van der Waals surface area (Å²) in [4.78, 5) is 0. The van der Waals surface area contributed by atoms with Crippen LogP contribution < -0.4 is 0 Å². The maximum atomic E-state index is 2.49. The third-order valence-corrected chi connectivity index (χ3v) is 4.27. The average Bonchev–Trinajstić information content (AvgIpc) is 2.18. The largest absolute Gasteiger partial charge is 0.0683 e. The first-order chi connectivity index (χ1) is 7.28. The minimum Gasteiger partial charge on any atom is -0.0683 e. The van der Waals surface area contributed by atoms with E-state index in [1.54, 1.807) is 0 Å².